The predicted octanol–water partition coefficient (Wildman–Crippen LogP) is 4.59. The van der Waals surface area contributed by atoms with Crippen molar-refractivity contribution in [3.05, 3.63) is 106 Å². The molecule has 4 aromatic rings. The highest BCUT2D eigenvalue weighted by Crippen LogP contribution is 2.24. The predicted molar refractivity (Wildman–Crippen MR) is 104 cm³/mol. The summed E-state index contributed by atoms with van der Waals surface area (Å²) in [5, 5.41) is 10.3. The zero-order valence-corrected chi connectivity index (χ0v) is 14.1. The number of nitrogens with zero attached hydrogens (tertiary/aromatic N) is 2. The molecule has 3 heteroatoms. The van der Waals surface area contributed by atoms with E-state index in [9.17, 15) is 10.1 Å². The summed E-state index contributed by atoms with van der Waals surface area (Å²) in [5.74, 6) is 0. The average molecular weight is 336 g/mol. The number of pyridine rings is 1. The molecule has 0 N–H and O–H groups in total. The average Bonchev–Trinajstić information content (AvgIpc) is 2.70. The lowest BCUT2D eigenvalue weighted by Crippen LogP contribution is -2.19. The Hall–Kier alpha value is -3.64. The van der Waals surface area contributed by atoms with Crippen molar-refractivity contribution < 1.29 is 0 Å². The minimum Gasteiger partial charge on any atom is -0.304 e. The van der Waals surface area contributed by atoms with E-state index < -0.39 is 0 Å². The van der Waals surface area contributed by atoms with E-state index in [0.29, 0.717) is 12.1 Å². The quantitative estimate of drug-likeness (QED) is 0.549. The maximum Gasteiger partial charge on any atom is 0.251 e. The van der Waals surface area contributed by atoms with E-state index in [2.05, 4.69) is 6.07 Å². The Kier molecular flexibility index (Phi) is 4.09. The van der Waals surface area contributed by atoms with Gasteiger partial charge in [0.1, 0.15) is 0 Å². The SMILES string of the molecule is N#Cc1ccccc1-c1ccc(Cn2c(=O)ccc3ccccc32)cc1. The second-order valence-corrected chi connectivity index (χ2v) is 6.17. The summed E-state index contributed by atoms with van der Waals surface area (Å²) in [5.41, 5.74) is 4.54. The molecule has 3 aromatic carbocycles. The second-order valence-electron chi connectivity index (χ2n) is 6.17. The molecular weight excluding hydrogens is 320 g/mol. The fourth-order valence-corrected chi connectivity index (χ4v) is 3.21. The van der Waals surface area contributed by atoms with Crippen molar-refractivity contribution in [3.63, 3.8) is 0 Å². The summed E-state index contributed by atoms with van der Waals surface area (Å²) in [7, 11) is 0. The molecule has 0 spiro atoms. The Bertz CT molecular complexity index is 1180. The van der Waals surface area contributed by atoms with Crippen LogP contribution < -0.4 is 5.56 Å². The van der Waals surface area contributed by atoms with Crippen molar-refractivity contribution in [3.8, 4) is 17.2 Å². The summed E-state index contributed by atoms with van der Waals surface area (Å²) in [6.45, 7) is 0.514. The number of benzene rings is 3. The number of nitriles is 1. The van der Waals surface area contributed by atoms with Gasteiger partial charge in [0.25, 0.3) is 5.56 Å². The van der Waals surface area contributed by atoms with Crippen LogP contribution in [0.1, 0.15) is 11.1 Å². The van der Waals surface area contributed by atoms with E-state index in [-0.39, 0.29) is 5.56 Å². The van der Waals surface area contributed by atoms with Crippen molar-refractivity contribution in [2.45, 2.75) is 6.54 Å². The van der Waals surface area contributed by atoms with Crippen LogP contribution in [0.5, 0.6) is 0 Å². The maximum atomic E-state index is 12.3. The van der Waals surface area contributed by atoms with Crippen molar-refractivity contribution in [2.24, 2.45) is 0 Å². The van der Waals surface area contributed by atoms with E-state index in [1.807, 2.05) is 78.9 Å². The van der Waals surface area contributed by atoms with Gasteiger partial charge >= 0.3 is 0 Å². The number of para-hydroxylation sites is 1. The summed E-state index contributed by atoms with van der Waals surface area (Å²) in [6.07, 6.45) is 0. The number of hydrogen-bond donors (Lipinski definition) is 0. The van der Waals surface area contributed by atoms with Crippen LogP contribution in [-0.2, 0) is 6.54 Å². The molecule has 0 aliphatic carbocycles. The summed E-state index contributed by atoms with van der Waals surface area (Å²) in [4.78, 5) is 12.3. The van der Waals surface area contributed by atoms with E-state index >= 15 is 0 Å². The zero-order chi connectivity index (χ0) is 17.9. The lowest BCUT2D eigenvalue weighted by molar-refractivity contribution is 0.795. The highest BCUT2D eigenvalue weighted by molar-refractivity contribution is 5.78. The van der Waals surface area contributed by atoms with Crippen LogP contribution in [0, 0.1) is 11.3 Å². The van der Waals surface area contributed by atoms with E-state index in [1.165, 1.54) is 0 Å². The highest BCUT2D eigenvalue weighted by atomic mass is 16.1. The van der Waals surface area contributed by atoms with Gasteiger partial charge in [0.2, 0.25) is 0 Å². The monoisotopic (exact) mass is 336 g/mol. The Balaban J connectivity index is 1.70. The fraction of sp³-hybridized carbons (Fsp3) is 0.0435. The molecule has 4 rings (SSSR count). The van der Waals surface area contributed by atoms with Crippen molar-refractivity contribution in [1.29, 1.82) is 5.26 Å². The molecule has 0 atom stereocenters. The van der Waals surface area contributed by atoms with Crippen LogP contribution in [0.2, 0.25) is 0 Å². The van der Waals surface area contributed by atoms with Gasteiger partial charge in [0, 0.05) is 6.07 Å². The first-order valence-electron chi connectivity index (χ1n) is 8.43. The van der Waals surface area contributed by atoms with Crippen LogP contribution in [0.3, 0.4) is 0 Å². The third kappa shape index (κ3) is 2.89. The highest BCUT2D eigenvalue weighted by Gasteiger charge is 2.06. The van der Waals surface area contributed by atoms with Gasteiger partial charge < -0.3 is 4.57 Å². The molecule has 26 heavy (non-hydrogen) atoms. The van der Waals surface area contributed by atoms with Crippen LogP contribution in [0.25, 0.3) is 22.0 Å². The molecule has 0 aliphatic heterocycles. The molecule has 0 unspecified atom stereocenters. The molecule has 0 saturated carbocycles. The summed E-state index contributed by atoms with van der Waals surface area (Å²) in [6, 6.07) is 29.2. The molecule has 124 valence electrons. The van der Waals surface area contributed by atoms with Crippen LogP contribution in [0.4, 0.5) is 0 Å². The summed E-state index contributed by atoms with van der Waals surface area (Å²) >= 11 is 0. The van der Waals surface area contributed by atoms with Gasteiger partial charge in [-0.15, -0.1) is 0 Å². The van der Waals surface area contributed by atoms with Gasteiger partial charge in [-0.3, -0.25) is 4.79 Å². The molecule has 0 amide bonds. The largest absolute Gasteiger partial charge is 0.304 e. The first-order valence-corrected chi connectivity index (χ1v) is 8.43. The molecule has 0 saturated heterocycles. The van der Waals surface area contributed by atoms with Gasteiger partial charge in [-0.2, -0.15) is 5.26 Å². The molecule has 3 nitrogen and oxygen atoms in total. The van der Waals surface area contributed by atoms with Gasteiger partial charge in [0.15, 0.2) is 0 Å². The third-order valence-corrected chi connectivity index (χ3v) is 4.55. The first kappa shape index (κ1) is 15.9. The van der Waals surface area contributed by atoms with Crippen molar-refractivity contribution in [2.75, 3.05) is 0 Å². The first-order chi connectivity index (χ1) is 12.8. The van der Waals surface area contributed by atoms with Crippen LogP contribution in [0.15, 0.2) is 89.7 Å². The standard InChI is InChI=1S/C23H16N2O/c24-15-20-6-1-3-7-21(20)18-11-9-17(10-12-18)16-25-22-8-4-2-5-19(22)13-14-23(25)26/h1-14H,16H2. The maximum absolute atomic E-state index is 12.3. The molecule has 0 aliphatic rings. The van der Waals surface area contributed by atoms with Crippen molar-refractivity contribution in [1.82, 2.24) is 4.57 Å². The molecule has 1 heterocycles. The zero-order valence-electron chi connectivity index (χ0n) is 14.1. The second kappa shape index (κ2) is 6.70. The Morgan fingerprint density at radius 3 is 2.35 bits per heavy atom. The molecule has 0 radical (unpaired) electrons. The van der Waals surface area contributed by atoms with Gasteiger partial charge in [0.05, 0.1) is 23.7 Å². The van der Waals surface area contributed by atoms with Gasteiger partial charge in [-0.25, -0.2) is 0 Å². The molecular formula is C23H16N2O. The smallest absolute Gasteiger partial charge is 0.251 e. The molecule has 1 aromatic heterocycles. The lowest BCUT2D eigenvalue weighted by Gasteiger charge is -2.11. The van der Waals surface area contributed by atoms with E-state index in [0.717, 1.165) is 27.6 Å². The molecule has 0 bridgehead atoms. The third-order valence-electron chi connectivity index (χ3n) is 4.55. The number of hydrogen-bond acceptors (Lipinski definition) is 2. The van der Waals surface area contributed by atoms with Crippen LogP contribution >= 0.6 is 0 Å². The number of fused-ring (bicyclic) bond motifs is 1. The minimum absolute atomic E-state index is 0.0115. The van der Waals surface area contributed by atoms with Crippen molar-refractivity contribution >= 4 is 10.9 Å². The summed E-state index contributed by atoms with van der Waals surface area (Å²) < 4.78 is 1.79. The Labute approximate surface area is 151 Å². The normalized spacial score (nSPS) is 10.6. The van der Waals surface area contributed by atoms with Gasteiger partial charge in [-0.1, -0.05) is 60.7 Å². The lowest BCUT2D eigenvalue weighted by atomic mass is 9.99. The number of aromatic nitrogens is 1. The fourth-order valence-electron chi connectivity index (χ4n) is 3.21. The molecule has 0 fully saturated rings. The topological polar surface area (TPSA) is 45.8 Å². The van der Waals surface area contributed by atoms with E-state index in [4.69, 9.17) is 0 Å². The van der Waals surface area contributed by atoms with E-state index in [1.54, 1.807) is 10.6 Å². The Morgan fingerprint density at radius 2 is 1.54 bits per heavy atom. The minimum atomic E-state index is -0.0115. The van der Waals surface area contributed by atoms with Gasteiger partial charge in [-0.05, 0) is 40.3 Å². The Morgan fingerprint density at radius 1 is 0.808 bits per heavy atom. The van der Waals surface area contributed by atoms with Crippen LogP contribution in [-0.4, -0.2) is 4.57 Å². The number of rotatable bonds is 3.